The minimum Gasteiger partial charge on any atom is -0.466 e. The molecule has 140 valence electrons. The van der Waals surface area contributed by atoms with Crippen molar-refractivity contribution in [3.8, 4) is 0 Å². The fourth-order valence-corrected chi connectivity index (χ4v) is 1.93. The van der Waals surface area contributed by atoms with Crippen molar-refractivity contribution in [3.05, 3.63) is 10.4 Å². The summed E-state index contributed by atoms with van der Waals surface area (Å²) >= 11 is 0. The Kier molecular flexibility index (Phi) is 18.6. The minimum absolute atomic E-state index is 0.0955. The molecule has 0 radical (unpaired) electrons. The van der Waals surface area contributed by atoms with Crippen molar-refractivity contribution in [1.29, 1.82) is 0 Å². The molecule has 0 saturated heterocycles. The maximum atomic E-state index is 11.1. The van der Waals surface area contributed by atoms with Gasteiger partial charge in [-0.2, -0.15) is 0 Å². The van der Waals surface area contributed by atoms with Crippen LogP contribution < -0.4 is 0 Å². The van der Waals surface area contributed by atoms with Crippen LogP contribution in [-0.4, -0.2) is 58.8 Å². The van der Waals surface area contributed by atoms with Crippen molar-refractivity contribution in [2.24, 2.45) is 5.11 Å². The Labute approximate surface area is 144 Å². The van der Waals surface area contributed by atoms with Gasteiger partial charge >= 0.3 is 5.97 Å². The molecule has 0 amide bonds. The molecule has 0 aromatic heterocycles. The molecular formula is C16H31N3O5. The van der Waals surface area contributed by atoms with E-state index in [0.717, 1.165) is 38.7 Å². The molecule has 24 heavy (non-hydrogen) atoms. The molecule has 8 heteroatoms. The Morgan fingerprint density at radius 3 is 2.12 bits per heavy atom. The number of rotatable bonds is 18. The molecule has 0 spiro atoms. The van der Waals surface area contributed by atoms with Crippen LogP contribution in [0.15, 0.2) is 5.11 Å². The number of carbonyl (C=O) groups excluding carboxylic acids is 1. The normalized spacial score (nSPS) is 10.4. The monoisotopic (exact) mass is 345 g/mol. The molecule has 0 atom stereocenters. The number of esters is 1. The van der Waals surface area contributed by atoms with E-state index in [1.54, 1.807) is 0 Å². The molecule has 0 aliphatic carbocycles. The van der Waals surface area contributed by atoms with Gasteiger partial charge in [0.2, 0.25) is 0 Å². The Hall–Kier alpha value is -1.34. The first-order chi connectivity index (χ1) is 11.8. The molecule has 8 nitrogen and oxygen atoms in total. The standard InChI is InChI=1S/C16H31N3O5/c1-2-24-16(20)8-6-4-3-5-7-10-21-12-14-23-15-13-22-11-9-18-19-17/h2-15H2,1H3. The van der Waals surface area contributed by atoms with Gasteiger partial charge in [0.05, 0.1) is 39.6 Å². The third-order valence-corrected chi connectivity index (χ3v) is 3.12. The van der Waals surface area contributed by atoms with Crippen LogP contribution in [0.5, 0.6) is 0 Å². The maximum Gasteiger partial charge on any atom is 0.305 e. The maximum absolute atomic E-state index is 11.1. The van der Waals surface area contributed by atoms with Crippen molar-refractivity contribution in [2.75, 3.05) is 52.8 Å². The summed E-state index contributed by atoms with van der Waals surface area (Å²) in [5, 5.41) is 3.36. The van der Waals surface area contributed by atoms with Gasteiger partial charge in [-0.3, -0.25) is 4.79 Å². The van der Waals surface area contributed by atoms with Gasteiger partial charge in [0.15, 0.2) is 0 Å². The van der Waals surface area contributed by atoms with E-state index in [4.69, 9.17) is 24.5 Å². The Bertz CT molecular complexity index is 336. The predicted molar refractivity (Wildman–Crippen MR) is 90.8 cm³/mol. The summed E-state index contributed by atoms with van der Waals surface area (Å²) in [6.07, 6.45) is 5.74. The summed E-state index contributed by atoms with van der Waals surface area (Å²) in [5.74, 6) is -0.0955. The fraction of sp³-hybridized carbons (Fsp3) is 0.938. The van der Waals surface area contributed by atoms with Crippen LogP contribution in [0.3, 0.4) is 0 Å². The quantitative estimate of drug-likeness (QED) is 0.125. The molecule has 0 aromatic rings. The van der Waals surface area contributed by atoms with Crippen LogP contribution in [0.25, 0.3) is 10.4 Å². The molecule has 0 N–H and O–H groups in total. The van der Waals surface area contributed by atoms with Crippen molar-refractivity contribution in [1.82, 2.24) is 0 Å². The zero-order valence-corrected chi connectivity index (χ0v) is 14.8. The summed E-state index contributed by atoms with van der Waals surface area (Å²) < 4.78 is 20.9. The molecule has 0 bridgehead atoms. The summed E-state index contributed by atoms with van der Waals surface area (Å²) in [5.41, 5.74) is 8.07. The third kappa shape index (κ3) is 18.7. The van der Waals surface area contributed by atoms with Gasteiger partial charge in [0.1, 0.15) is 0 Å². The highest BCUT2D eigenvalue weighted by Crippen LogP contribution is 2.06. The number of carbonyl (C=O) groups is 1. The van der Waals surface area contributed by atoms with E-state index < -0.39 is 0 Å². The molecule has 0 saturated carbocycles. The van der Waals surface area contributed by atoms with Crippen LogP contribution in [0.4, 0.5) is 0 Å². The molecule has 0 rings (SSSR count). The van der Waals surface area contributed by atoms with E-state index in [0.29, 0.717) is 52.6 Å². The Morgan fingerprint density at radius 2 is 1.46 bits per heavy atom. The zero-order chi connectivity index (χ0) is 17.7. The number of nitrogens with zero attached hydrogens (tertiary/aromatic N) is 3. The first-order valence-corrected chi connectivity index (χ1v) is 8.71. The topological polar surface area (TPSA) is 103 Å². The largest absolute Gasteiger partial charge is 0.466 e. The number of ether oxygens (including phenoxy) is 4. The van der Waals surface area contributed by atoms with Gasteiger partial charge in [-0.05, 0) is 25.3 Å². The van der Waals surface area contributed by atoms with Crippen LogP contribution in [0.2, 0.25) is 0 Å². The molecule has 0 aromatic carbocycles. The lowest BCUT2D eigenvalue weighted by atomic mass is 10.1. The van der Waals surface area contributed by atoms with E-state index in [1.807, 2.05) is 6.92 Å². The van der Waals surface area contributed by atoms with Crippen molar-refractivity contribution < 1.29 is 23.7 Å². The minimum atomic E-state index is -0.0955. The highest BCUT2D eigenvalue weighted by Gasteiger charge is 2.00. The number of unbranched alkanes of at least 4 members (excludes halogenated alkanes) is 4. The first-order valence-electron chi connectivity index (χ1n) is 8.71. The van der Waals surface area contributed by atoms with Crippen LogP contribution in [0.1, 0.15) is 45.4 Å². The van der Waals surface area contributed by atoms with Gasteiger partial charge in [-0.15, -0.1) is 0 Å². The van der Waals surface area contributed by atoms with E-state index in [9.17, 15) is 4.79 Å². The Morgan fingerprint density at radius 1 is 0.875 bits per heavy atom. The summed E-state index contributed by atoms with van der Waals surface area (Å²) in [6.45, 7) is 5.94. The van der Waals surface area contributed by atoms with Crippen LogP contribution >= 0.6 is 0 Å². The fourth-order valence-electron chi connectivity index (χ4n) is 1.93. The Balaban J connectivity index is 3.05. The second kappa shape index (κ2) is 19.7. The van der Waals surface area contributed by atoms with E-state index in [-0.39, 0.29) is 5.97 Å². The summed E-state index contributed by atoms with van der Waals surface area (Å²) in [6, 6.07) is 0. The number of hydrogen-bond donors (Lipinski definition) is 0. The lowest BCUT2D eigenvalue weighted by molar-refractivity contribution is -0.143. The molecule has 0 heterocycles. The molecule has 0 unspecified atom stereocenters. The highest BCUT2D eigenvalue weighted by molar-refractivity contribution is 5.69. The van der Waals surface area contributed by atoms with Gasteiger partial charge in [0, 0.05) is 24.5 Å². The van der Waals surface area contributed by atoms with E-state index in [2.05, 4.69) is 10.0 Å². The zero-order valence-electron chi connectivity index (χ0n) is 14.8. The average Bonchev–Trinajstić information content (AvgIpc) is 2.58. The number of azide groups is 1. The van der Waals surface area contributed by atoms with Crippen molar-refractivity contribution in [3.63, 3.8) is 0 Å². The molecular weight excluding hydrogens is 314 g/mol. The second-order valence-corrected chi connectivity index (χ2v) is 5.11. The average molecular weight is 345 g/mol. The lowest BCUT2D eigenvalue weighted by Gasteiger charge is -2.06. The molecule has 0 aliphatic rings. The second-order valence-electron chi connectivity index (χ2n) is 5.11. The smallest absolute Gasteiger partial charge is 0.305 e. The SMILES string of the molecule is CCOC(=O)CCCCCCCOCCOCCOCCN=[N+]=[N-]. The van der Waals surface area contributed by atoms with Crippen LogP contribution in [0, 0.1) is 0 Å². The van der Waals surface area contributed by atoms with E-state index >= 15 is 0 Å². The summed E-state index contributed by atoms with van der Waals surface area (Å²) in [4.78, 5) is 13.8. The highest BCUT2D eigenvalue weighted by atomic mass is 16.5. The molecule has 0 aliphatic heterocycles. The molecule has 0 fully saturated rings. The third-order valence-electron chi connectivity index (χ3n) is 3.12. The van der Waals surface area contributed by atoms with Gasteiger partial charge in [-0.1, -0.05) is 24.4 Å². The predicted octanol–water partition coefficient (Wildman–Crippen LogP) is 3.25. The van der Waals surface area contributed by atoms with Gasteiger partial charge in [-0.25, -0.2) is 0 Å². The van der Waals surface area contributed by atoms with Crippen LogP contribution in [-0.2, 0) is 23.7 Å². The number of hydrogen-bond acceptors (Lipinski definition) is 6. The lowest BCUT2D eigenvalue weighted by Crippen LogP contribution is -2.10. The van der Waals surface area contributed by atoms with Gasteiger partial charge in [0.25, 0.3) is 0 Å². The van der Waals surface area contributed by atoms with Gasteiger partial charge < -0.3 is 18.9 Å². The first kappa shape index (κ1) is 22.7. The van der Waals surface area contributed by atoms with Crippen molar-refractivity contribution in [2.45, 2.75) is 45.4 Å². The van der Waals surface area contributed by atoms with E-state index in [1.165, 1.54) is 0 Å². The van der Waals surface area contributed by atoms with Crippen molar-refractivity contribution >= 4 is 5.97 Å². The summed E-state index contributed by atoms with van der Waals surface area (Å²) in [7, 11) is 0.